The molecule has 0 radical (unpaired) electrons. The summed E-state index contributed by atoms with van der Waals surface area (Å²) in [6.07, 6.45) is 6.04. The van der Waals surface area contributed by atoms with Crippen molar-refractivity contribution >= 4 is 45.9 Å². The predicted molar refractivity (Wildman–Crippen MR) is 131 cm³/mol. The van der Waals surface area contributed by atoms with Crippen molar-refractivity contribution in [2.45, 2.75) is 78.4 Å². The molecule has 3 rings (SSSR count). The molecule has 7 atom stereocenters. The summed E-state index contributed by atoms with van der Waals surface area (Å²) in [6.45, 7) is 8.96. The maximum atomic E-state index is 11.9. The second-order valence-corrected chi connectivity index (χ2v) is 21.7. The van der Waals surface area contributed by atoms with Gasteiger partial charge < -0.3 is 20.1 Å². The average Bonchev–Trinajstić information content (AvgIpc) is 3.03. The van der Waals surface area contributed by atoms with E-state index in [1.54, 1.807) is 0 Å². The third kappa shape index (κ3) is 5.12. The number of aliphatic hydroxyl groups excluding tert-OH is 3. The van der Waals surface area contributed by atoms with Crippen LogP contribution in [0.2, 0.25) is 0 Å². The summed E-state index contributed by atoms with van der Waals surface area (Å²) < 4.78 is 4.97. The van der Waals surface area contributed by atoms with Gasteiger partial charge in [-0.3, -0.25) is 0 Å². The van der Waals surface area contributed by atoms with E-state index < -0.39 is 23.6 Å². The number of ether oxygens (including phenoxy) is 1. The Hall–Kier alpha value is 1.13. The zero-order valence-electron chi connectivity index (χ0n) is 18.4. The number of hydrogen-bond acceptors (Lipinski definition) is 5. The Labute approximate surface area is 210 Å². The fraction of sp³-hybridized carbons (Fsp3) is 0.864. The zero-order chi connectivity index (χ0) is 22.7. The summed E-state index contributed by atoms with van der Waals surface area (Å²) >= 11 is 4.74. The van der Waals surface area contributed by atoms with Crippen LogP contribution in [0.3, 0.4) is 0 Å². The van der Waals surface area contributed by atoms with E-state index in [0.717, 1.165) is 32.1 Å². The van der Waals surface area contributed by atoms with Gasteiger partial charge in [-0.05, 0) is 54.8 Å². The Bertz CT molecular complexity index is 647. The van der Waals surface area contributed by atoms with Crippen molar-refractivity contribution in [1.82, 2.24) is 0 Å². The fourth-order valence-electron chi connectivity index (χ4n) is 6.58. The van der Waals surface area contributed by atoms with Gasteiger partial charge in [-0.2, -0.15) is 0 Å². The molecular formula is C22H36I2O5V. The molecule has 173 valence electrons. The Morgan fingerprint density at radius 2 is 1.83 bits per heavy atom. The quantitative estimate of drug-likeness (QED) is 0.229. The van der Waals surface area contributed by atoms with Crippen LogP contribution in [0.5, 0.6) is 0 Å². The molecule has 1 heterocycles. The van der Waals surface area contributed by atoms with E-state index in [1.807, 2.05) is 13.0 Å². The fourth-order valence-corrected chi connectivity index (χ4v) is 6.58. The van der Waals surface area contributed by atoms with Crippen LogP contribution in [-0.4, -0.2) is 46.7 Å². The summed E-state index contributed by atoms with van der Waals surface area (Å²) in [7, 11) is 0.628. The molecule has 5 nitrogen and oxygen atoms in total. The molecule has 1 unspecified atom stereocenters. The molecule has 2 aliphatic carbocycles. The van der Waals surface area contributed by atoms with Crippen LogP contribution < -0.4 is 0 Å². The molecule has 1 aliphatic heterocycles. The molecule has 30 heavy (non-hydrogen) atoms. The number of fused-ring (bicyclic) bond motifs is 1. The second-order valence-electron chi connectivity index (χ2n) is 9.95. The van der Waals surface area contributed by atoms with Crippen molar-refractivity contribution in [3.8, 4) is 0 Å². The first-order valence-corrected chi connectivity index (χ1v) is 19.8. The number of rotatable bonds is 4. The molecule has 0 aromatic rings. The molecule has 2 saturated carbocycles. The Balaban J connectivity index is 0.00000101. The van der Waals surface area contributed by atoms with Crippen LogP contribution in [0.1, 0.15) is 66.2 Å². The topological polar surface area (TPSA) is 87.0 Å². The van der Waals surface area contributed by atoms with Crippen LogP contribution in [0, 0.1) is 28.1 Å². The molecule has 0 spiro atoms. The van der Waals surface area contributed by atoms with Crippen LogP contribution in [0.15, 0.2) is 11.6 Å². The molecule has 3 aliphatic rings. The molecule has 8 heteroatoms. The van der Waals surface area contributed by atoms with E-state index >= 15 is 0 Å². The van der Waals surface area contributed by atoms with Gasteiger partial charge in [-0.15, -0.1) is 0 Å². The zero-order valence-corrected chi connectivity index (χ0v) is 24.1. The van der Waals surface area contributed by atoms with Gasteiger partial charge in [-0.25, -0.2) is 4.79 Å². The summed E-state index contributed by atoms with van der Waals surface area (Å²) in [5, 5.41) is 30.9. The van der Waals surface area contributed by atoms with Crippen molar-refractivity contribution in [2.24, 2.45) is 28.1 Å². The van der Waals surface area contributed by atoms with Gasteiger partial charge in [-0.1, -0.05) is 40.2 Å². The van der Waals surface area contributed by atoms with Crippen molar-refractivity contribution in [3.05, 3.63) is 11.6 Å². The predicted octanol–water partition coefficient (Wildman–Crippen LogP) is 4.59. The van der Waals surface area contributed by atoms with Crippen LogP contribution in [-0.2, 0) is 19.0 Å². The maximum absolute atomic E-state index is 11.9. The van der Waals surface area contributed by atoms with Gasteiger partial charge in [0.05, 0.1) is 18.3 Å². The van der Waals surface area contributed by atoms with Crippen molar-refractivity contribution < 1.29 is 34.3 Å². The summed E-state index contributed by atoms with van der Waals surface area (Å²) in [5.41, 5.74) is 0.0118. The number of allylic oxidation sites excluding steroid dienone is 1. The van der Waals surface area contributed by atoms with Gasteiger partial charge in [0, 0.05) is 5.41 Å². The molecule has 0 aromatic carbocycles. The molecular weight excluding hydrogens is 649 g/mol. The van der Waals surface area contributed by atoms with Crippen LogP contribution in [0.25, 0.3) is 0 Å². The number of hydrogen-bond donors (Lipinski definition) is 3. The molecule has 3 N–H and O–H groups in total. The van der Waals surface area contributed by atoms with Gasteiger partial charge in [0.1, 0.15) is 12.7 Å². The van der Waals surface area contributed by atoms with Gasteiger partial charge in [0.25, 0.3) is 0 Å². The van der Waals surface area contributed by atoms with E-state index in [-0.39, 0.29) is 30.0 Å². The van der Waals surface area contributed by atoms with Crippen LogP contribution in [0.4, 0.5) is 0 Å². The first kappa shape index (κ1) is 27.4. The Kier molecular flexibility index (Phi) is 10.1. The standard InChI is InChI=1S/C22H36O5.2HI.V/c1-5-20(2)10-8-17-21(3,11-9-18(25)22(17,4)13-23)16(20)7-6-14-15(24)12-27-19(14)26;;;/h6,15-18,23-25H,5,7-13H2,1-4H3;2*1H;/q;;;+2/p-2/b14-6+;;;/t15-,16+,17?,18-,20+,21-,22+;;;/m1.../s1. The molecule has 3 fully saturated rings. The SMILES string of the molecule is CC[C@@]1(C)CCC2[C@](C)(CO)[C@H](O)CC[C@]2(C)[C@H]1C/C=C1/C(=O)OC[C@H]1O.[I][V][I]. The first-order valence-electron chi connectivity index (χ1n) is 10.8. The van der Waals surface area contributed by atoms with E-state index in [4.69, 9.17) is 4.74 Å². The van der Waals surface area contributed by atoms with E-state index in [1.165, 1.54) is 0 Å². The summed E-state index contributed by atoms with van der Waals surface area (Å²) in [4.78, 5) is 11.9. The number of carbonyl (C=O) groups excluding carboxylic acids is 1. The third-order valence-electron chi connectivity index (χ3n) is 8.64. The third-order valence-corrected chi connectivity index (χ3v) is 8.64. The Morgan fingerprint density at radius 1 is 1.20 bits per heavy atom. The van der Waals surface area contributed by atoms with Gasteiger partial charge >= 0.3 is 55.4 Å². The van der Waals surface area contributed by atoms with Gasteiger partial charge in [0.2, 0.25) is 0 Å². The number of cyclic esters (lactones) is 1. The second kappa shape index (κ2) is 11.0. The van der Waals surface area contributed by atoms with Gasteiger partial charge in [0.15, 0.2) is 0 Å². The minimum atomic E-state index is -0.825. The summed E-state index contributed by atoms with van der Waals surface area (Å²) in [6, 6.07) is 0. The van der Waals surface area contributed by atoms with Crippen molar-refractivity contribution in [1.29, 1.82) is 0 Å². The molecule has 0 bridgehead atoms. The van der Waals surface area contributed by atoms with Crippen molar-refractivity contribution in [3.63, 3.8) is 0 Å². The summed E-state index contributed by atoms with van der Waals surface area (Å²) in [5.74, 6) is 0.153. The first-order chi connectivity index (χ1) is 14.0. The number of aliphatic hydroxyl groups is 3. The minimum absolute atomic E-state index is 0.00386. The monoisotopic (exact) mass is 685 g/mol. The molecule has 0 amide bonds. The average molecular weight is 685 g/mol. The number of esters is 1. The van der Waals surface area contributed by atoms with E-state index in [2.05, 4.69) is 60.7 Å². The molecule has 0 aromatic heterocycles. The molecule has 1 saturated heterocycles. The van der Waals surface area contributed by atoms with Crippen molar-refractivity contribution in [2.75, 3.05) is 13.2 Å². The Morgan fingerprint density at radius 3 is 2.33 bits per heavy atom. The number of carbonyl (C=O) groups is 1. The number of halogens is 2. The van der Waals surface area contributed by atoms with E-state index in [9.17, 15) is 20.1 Å². The normalized spacial score (nSPS) is 44.7. The van der Waals surface area contributed by atoms with E-state index in [0.29, 0.717) is 27.4 Å². The van der Waals surface area contributed by atoms with Crippen LogP contribution >= 0.6 is 40.0 Å².